The number of aryl methyl sites for hydroxylation is 2. The van der Waals surface area contributed by atoms with Crippen LogP contribution in [-0.4, -0.2) is 15.6 Å². The van der Waals surface area contributed by atoms with Gasteiger partial charge in [-0.25, -0.2) is 4.79 Å². The molecule has 2 rings (SSSR count). The Hall–Kier alpha value is -1.77. The SMILES string of the molecule is CCCn1cc(C(C)C)c2cc(C(=O)O)c(C)cc21. The summed E-state index contributed by atoms with van der Waals surface area (Å²) >= 11 is 0. The molecule has 3 nitrogen and oxygen atoms in total. The van der Waals surface area contributed by atoms with Gasteiger partial charge in [0, 0.05) is 23.6 Å². The summed E-state index contributed by atoms with van der Waals surface area (Å²) in [7, 11) is 0. The van der Waals surface area contributed by atoms with Crippen molar-refractivity contribution in [2.45, 2.75) is 46.6 Å². The van der Waals surface area contributed by atoms with E-state index in [9.17, 15) is 9.90 Å². The van der Waals surface area contributed by atoms with E-state index in [1.807, 2.05) is 19.1 Å². The van der Waals surface area contributed by atoms with Crippen LogP contribution in [0, 0.1) is 6.92 Å². The van der Waals surface area contributed by atoms with Crippen LogP contribution < -0.4 is 0 Å². The van der Waals surface area contributed by atoms with Crippen LogP contribution in [0.2, 0.25) is 0 Å². The van der Waals surface area contributed by atoms with Crippen molar-refractivity contribution in [2.24, 2.45) is 0 Å². The van der Waals surface area contributed by atoms with Crippen molar-refractivity contribution in [1.82, 2.24) is 4.57 Å². The average Bonchev–Trinajstić information content (AvgIpc) is 2.67. The molecule has 0 aliphatic heterocycles. The summed E-state index contributed by atoms with van der Waals surface area (Å²) in [5.41, 5.74) is 3.61. The molecule has 102 valence electrons. The van der Waals surface area contributed by atoms with E-state index in [4.69, 9.17) is 0 Å². The lowest BCUT2D eigenvalue weighted by molar-refractivity contribution is 0.0696. The van der Waals surface area contributed by atoms with Gasteiger partial charge < -0.3 is 9.67 Å². The molecular weight excluding hydrogens is 238 g/mol. The highest BCUT2D eigenvalue weighted by molar-refractivity contribution is 5.96. The second-order valence-electron chi connectivity index (χ2n) is 5.42. The fraction of sp³-hybridized carbons (Fsp3) is 0.438. The van der Waals surface area contributed by atoms with E-state index in [2.05, 4.69) is 31.5 Å². The average molecular weight is 259 g/mol. The van der Waals surface area contributed by atoms with Crippen molar-refractivity contribution in [1.29, 1.82) is 0 Å². The molecule has 0 amide bonds. The molecule has 1 N–H and O–H groups in total. The third-order valence-electron chi connectivity index (χ3n) is 3.57. The Kier molecular flexibility index (Phi) is 3.65. The third kappa shape index (κ3) is 2.37. The van der Waals surface area contributed by atoms with Crippen molar-refractivity contribution < 1.29 is 9.90 Å². The first-order valence-electron chi connectivity index (χ1n) is 6.82. The minimum atomic E-state index is -0.850. The quantitative estimate of drug-likeness (QED) is 0.895. The number of aromatic nitrogens is 1. The number of carbonyl (C=O) groups is 1. The van der Waals surface area contributed by atoms with Crippen molar-refractivity contribution in [3.05, 3.63) is 35.0 Å². The molecule has 19 heavy (non-hydrogen) atoms. The molecule has 0 unspecified atom stereocenters. The standard InChI is InChI=1S/C16H21NO2/c1-5-6-17-9-14(10(2)3)13-8-12(16(18)19)11(4)7-15(13)17/h7-10H,5-6H2,1-4H3,(H,18,19). The van der Waals surface area contributed by atoms with Crippen molar-refractivity contribution in [3.63, 3.8) is 0 Å². The molecule has 1 heterocycles. The first-order valence-corrected chi connectivity index (χ1v) is 6.82. The van der Waals surface area contributed by atoms with Gasteiger partial charge in [0.15, 0.2) is 0 Å². The summed E-state index contributed by atoms with van der Waals surface area (Å²) in [4.78, 5) is 11.3. The largest absolute Gasteiger partial charge is 0.478 e. The predicted molar refractivity (Wildman–Crippen MR) is 78.0 cm³/mol. The van der Waals surface area contributed by atoms with Crippen molar-refractivity contribution >= 4 is 16.9 Å². The number of aromatic carboxylic acids is 1. The van der Waals surface area contributed by atoms with Crippen LogP contribution in [0.1, 0.15) is 54.6 Å². The summed E-state index contributed by atoms with van der Waals surface area (Å²) in [5.74, 6) is -0.456. The van der Waals surface area contributed by atoms with E-state index >= 15 is 0 Å². The van der Waals surface area contributed by atoms with E-state index in [0.717, 1.165) is 29.4 Å². The lowest BCUT2D eigenvalue weighted by atomic mass is 9.99. The van der Waals surface area contributed by atoms with Gasteiger partial charge in [-0.2, -0.15) is 0 Å². The van der Waals surface area contributed by atoms with Crippen molar-refractivity contribution in [2.75, 3.05) is 0 Å². The molecule has 0 bridgehead atoms. The maximum atomic E-state index is 11.3. The van der Waals surface area contributed by atoms with Gasteiger partial charge in [-0.3, -0.25) is 0 Å². The molecule has 0 atom stereocenters. The Bertz CT molecular complexity index is 623. The fourth-order valence-electron chi connectivity index (χ4n) is 2.58. The van der Waals surface area contributed by atoms with E-state index < -0.39 is 5.97 Å². The Morgan fingerprint density at radius 2 is 2.05 bits per heavy atom. The highest BCUT2D eigenvalue weighted by atomic mass is 16.4. The molecular formula is C16H21NO2. The van der Waals surface area contributed by atoms with E-state index in [1.54, 1.807) is 0 Å². The third-order valence-corrected chi connectivity index (χ3v) is 3.57. The van der Waals surface area contributed by atoms with Crippen LogP contribution in [0.5, 0.6) is 0 Å². The Morgan fingerprint density at radius 3 is 2.58 bits per heavy atom. The van der Waals surface area contributed by atoms with Gasteiger partial charge in [0.05, 0.1) is 5.56 Å². The van der Waals surface area contributed by atoms with E-state index in [-0.39, 0.29) is 0 Å². The molecule has 0 spiro atoms. The van der Waals surface area contributed by atoms with E-state index in [0.29, 0.717) is 11.5 Å². The topological polar surface area (TPSA) is 42.2 Å². The number of fused-ring (bicyclic) bond motifs is 1. The molecule has 2 aromatic rings. The molecule has 3 heteroatoms. The van der Waals surface area contributed by atoms with Gasteiger partial charge in [0.2, 0.25) is 0 Å². The van der Waals surface area contributed by atoms with Crippen LogP contribution in [-0.2, 0) is 6.54 Å². The zero-order chi connectivity index (χ0) is 14.2. The maximum absolute atomic E-state index is 11.3. The molecule has 1 aromatic carbocycles. The summed E-state index contributed by atoms with van der Waals surface area (Å²) in [6.45, 7) is 9.27. The molecule has 0 aliphatic rings. The first-order chi connectivity index (χ1) is 8.95. The molecule has 0 saturated heterocycles. The minimum Gasteiger partial charge on any atom is -0.478 e. The van der Waals surface area contributed by atoms with Gasteiger partial charge in [0.25, 0.3) is 0 Å². The lowest BCUT2D eigenvalue weighted by Crippen LogP contribution is -2.00. The van der Waals surface area contributed by atoms with Crippen LogP contribution in [0.3, 0.4) is 0 Å². The highest BCUT2D eigenvalue weighted by Crippen LogP contribution is 2.30. The monoisotopic (exact) mass is 259 g/mol. The van der Waals surface area contributed by atoms with Crippen molar-refractivity contribution in [3.8, 4) is 0 Å². The number of nitrogens with zero attached hydrogens (tertiary/aromatic N) is 1. The fourth-order valence-corrected chi connectivity index (χ4v) is 2.58. The smallest absolute Gasteiger partial charge is 0.335 e. The first kappa shape index (κ1) is 13.7. The van der Waals surface area contributed by atoms with E-state index in [1.165, 1.54) is 5.56 Å². The zero-order valence-corrected chi connectivity index (χ0v) is 12.0. The molecule has 0 fully saturated rings. The highest BCUT2D eigenvalue weighted by Gasteiger charge is 2.15. The number of hydrogen-bond donors (Lipinski definition) is 1. The molecule has 0 aliphatic carbocycles. The number of rotatable bonds is 4. The zero-order valence-electron chi connectivity index (χ0n) is 12.0. The van der Waals surface area contributed by atoms with Gasteiger partial charge in [0.1, 0.15) is 0 Å². The number of benzene rings is 1. The predicted octanol–water partition coefficient (Wildman–Crippen LogP) is 4.18. The second-order valence-corrected chi connectivity index (χ2v) is 5.42. The molecule has 1 aromatic heterocycles. The molecule has 0 radical (unpaired) electrons. The van der Waals surface area contributed by atoms with Gasteiger partial charge in [-0.1, -0.05) is 20.8 Å². The normalized spacial score (nSPS) is 11.4. The Labute approximate surface area is 113 Å². The van der Waals surface area contributed by atoms with Crippen LogP contribution in [0.25, 0.3) is 10.9 Å². The Morgan fingerprint density at radius 1 is 1.37 bits per heavy atom. The van der Waals surface area contributed by atoms with Gasteiger partial charge in [-0.05, 0) is 42.5 Å². The summed E-state index contributed by atoms with van der Waals surface area (Å²) in [6.07, 6.45) is 3.24. The summed E-state index contributed by atoms with van der Waals surface area (Å²) < 4.78 is 2.24. The second kappa shape index (κ2) is 5.08. The van der Waals surface area contributed by atoms with Gasteiger partial charge in [-0.15, -0.1) is 0 Å². The van der Waals surface area contributed by atoms with Crippen LogP contribution in [0.4, 0.5) is 0 Å². The Balaban J connectivity index is 2.75. The number of carboxylic acids is 1. The molecule has 0 saturated carbocycles. The number of carboxylic acid groups (broad SMARTS) is 1. The van der Waals surface area contributed by atoms with Crippen LogP contribution >= 0.6 is 0 Å². The lowest BCUT2D eigenvalue weighted by Gasteiger charge is -2.06. The van der Waals surface area contributed by atoms with Gasteiger partial charge >= 0.3 is 5.97 Å². The summed E-state index contributed by atoms with van der Waals surface area (Å²) in [6, 6.07) is 3.83. The minimum absolute atomic E-state index is 0.393. The number of hydrogen-bond acceptors (Lipinski definition) is 1. The maximum Gasteiger partial charge on any atom is 0.335 e. The summed E-state index contributed by atoms with van der Waals surface area (Å²) in [5, 5.41) is 10.3. The van der Waals surface area contributed by atoms with Crippen LogP contribution in [0.15, 0.2) is 18.3 Å².